The van der Waals surface area contributed by atoms with Gasteiger partial charge in [-0.15, -0.1) is 11.3 Å². The second-order valence-corrected chi connectivity index (χ2v) is 10.9. The van der Waals surface area contributed by atoms with E-state index in [1.807, 2.05) is 18.3 Å². The van der Waals surface area contributed by atoms with Crippen LogP contribution in [0, 0.1) is 12.3 Å². The molecular formula is C26H29N7O2S. The standard InChI is InChI=1S/C26H29N7O2S/c1-17-21(12-19(13-29-17)23(34)28-9-11-32-10-6-26(2,3)16-32)31-24(35)20-14-30-33-15-22(36-25(20)33)18-4-7-27-8-5-18/h4-5,7-8,12-15H,6,9-11,16H2,1-3H3,(H,28,34)(H,31,35). The Kier molecular flexibility index (Phi) is 6.55. The Morgan fingerprint density at radius 1 is 1.17 bits per heavy atom. The van der Waals surface area contributed by atoms with Crippen molar-refractivity contribution in [2.75, 3.05) is 31.5 Å². The van der Waals surface area contributed by atoms with Crippen LogP contribution in [0.15, 0.2) is 49.2 Å². The summed E-state index contributed by atoms with van der Waals surface area (Å²) in [6, 6.07) is 5.51. The Balaban J connectivity index is 1.25. The van der Waals surface area contributed by atoms with Gasteiger partial charge in [0.15, 0.2) is 0 Å². The van der Waals surface area contributed by atoms with E-state index < -0.39 is 0 Å². The average molecular weight is 504 g/mol. The first-order valence-electron chi connectivity index (χ1n) is 12.0. The van der Waals surface area contributed by atoms with Gasteiger partial charge in [0.1, 0.15) is 4.83 Å². The summed E-state index contributed by atoms with van der Waals surface area (Å²) in [6.45, 7) is 9.82. The summed E-state index contributed by atoms with van der Waals surface area (Å²) in [5.74, 6) is -0.503. The van der Waals surface area contributed by atoms with Gasteiger partial charge in [0, 0.05) is 44.4 Å². The van der Waals surface area contributed by atoms with Crippen LogP contribution in [0.1, 0.15) is 46.7 Å². The number of nitrogens with one attached hydrogen (secondary N) is 2. The molecule has 2 amide bonds. The lowest BCUT2D eigenvalue weighted by atomic mass is 9.93. The Hall–Kier alpha value is -3.63. The smallest absolute Gasteiger partial charge is 0.260 e. The molecule has 36 heavy (non-hydrogen) atoms. The monoisotopic (exact) mass is 503 g/mol. The van der Waals surface area contributed by atoms with Gasteiger partial charge in [0.25, 0.3) is 11.8 Å². The molecule has 5 rings (SSSR count). The Bertz CT molecular complexity index is 1410. The van der Waals surface area contributed by atoms with E-state index in [1.54, 1.807) is 36.1 Å². The van der Waals surface area contributed by atoms with Crippen molar-refractivity contribution in [2.45, 2.75) is 27.2 Å². The molecule has 1 fully saturated rings. The predicted molar refractivity (Wildman–Crippen MR) is 140 cm³/mol. The molecule has 1 saturated heterocycles. The molecular weight excluding hydrogens is 474 g/mol. The molecule has 0 aromatic carbocycles. The Labute approximate surface area is 213 Å². The molecule has 0 aliphatic carbocycles. The SMILES string of the molecule is Cc1ncc(C(=O)NCCN2CCC(C)(C)C2)cc1NC(=O)c1cnn2cc(-c3ccncc3)sc12. The molecule has 1 aliphatic heterocycles. The number of thiazole rings is 1. The molecule has 0 radical (unpaired) electrons. The molecule has 0 saturated carbocycles. The van der Waals surface area contributed by atoms with Crippen molar-refractivity contribution in [1.82, 2.24) is 29.8 Å². The van der Waals surface area contributed by atoms with Crippen LogP contribution < -0.4 is 10.6 Å². The van der Waals surface area contributed by atoms with Crippen LogP contribution in [0.3, 0.4) is 0 Å². The Morgan fingerprint density at radius 2 is 1.97 bits per heavy atom. The fourth-order valence-electron chi connectivity index (χ4n) is 4.41. The summed E-state index contributed by atoms with van der Waals surface area (Å²) >= 11 is 1.48. The number of hydrogen-bond donors (Lipinski definition) is 2. The zero-order valence-corrected chi connectivity index (χ0v) is 21.4. The number of hydrogen-bond acceptors (Lipinski definition) is 7. The van der Waals surface area contributed by atoms with E-state index in [4.69, 9.17) is 0 Å². The van der Waals surface area contributed by atoms with Crippen molar-refractivity contribution in [3.8, 4) is 10.4 Å². The normalized spacial score (nSPS) is 15.3. The van der Waals surface area contributed by atoms with Crippen molar-refractivity contribution < 1.29 is 9.59 Å². The van der Waals surface area contributed by atoms with E-state index in [0.717, 1.165) is 34.9 Å². The first-order valence-corrected chi connectivity index (χ1v) is 12.8. The number of nitrogens with zero attached hydrogens (tertiary/aromatic N) is 5. The lowest BCUT2D eigenvalue weighted by Crippen LogP contribution is -2.34. The van der Waals surface area contributed by atoms with Gasteiger partial charge >= 0.3 is 0 Å². The van der Waals surface area contributed by atoms with Crippen molar-refractivity contribution in [1.29, 1.82) is 0 Å². The summed E-state index contributed by atoms with van der Waals surface area (Å²) in [4.78, 5) is 38.4. The van der Waals surface area contributed by atoms with Crippen LogP contribution >= 0.6 is 11.3 Å². The van der Waals surface area contributed by atoms with E-state index in [-0.39, 0.29) is 11.8 Å². The number of likely N-dealkylation sites (tertiary alicyclic amines) is 1. The number of amides is 2. The topological polar surface area (TPSA) is 105 Å². The summed E-state index contributed by atoms with van der Waals surface area (Å²) in [5, 5.41) is 10.2. The van der Waals surface area contributed by atoms with E-state index in [9.17, 15) is 9.59 Å². The minimum atomic E-state index is -0.299. The first kappa shape index (κ1) is 24.1. The van der Waals surface area contributed by atoms with Crippen LogP contribution in [0.4, 0.5) is 5.69 Å². The molecule has 0 spiro atoms. The number of rotatable bonds is 7. The average Bonchev–Trinajstić information content (AvgIpc) is 3.54. The number of anilines is 1. The molecule has 10 heteroatoms. The fourth-order valence-corrected chi connectivity index (χ4v) is 5.47. The van der Waals surface area contributed by atoms with Crippen LogP contribution in [0.5, 0.6) is 0 Å². The molecule has 9 nitrogen and oxygen atoms in total. The Morgan fingerprint density at radius 3 is 2.72 bits per heavy atom. The molecule has 0 bridgehead atoms. The zero-order valence-electron chi connectivity index (χ0n) is 20.6. The van der Waals surface area contributed by atoms with E-state index in [1.165, 1.54) is 24.0 Å². The lowest BCUT2D eigenvalue weighted by molar-refractivity contribution is 0.0947. The van der Waals surface area contributed by atoms with Gasteiger partial charge in [-0.1, -0.05) is 13.8 Å². The highest BCUT2D eigenvalue weighted by atomic mass is 32.1. The maximum Gasteiger partial charge on any atom is 0.260 e. The van der Waals surface area contributed by atoms with Gasteiger partial charge in [-0.3, -0.25) is 19.6 Å². The van der Waals surface area contributed by atoms with E-state index in [0.29, 0.717) is 34.5 Å². The minimum Gasteiger partial charge on any atom is -0.351 e. The maximum atomic E-state index is 13.1. The summed E-state index contributed by atoms with van der Waals surface area (Å²) in [6.07, 6.45) is 9.63. The second kappa shape index (κ2) is 9.79. The highest BCUT2D eigenvalue weighted by Crippen LogP contribution is 2.31. The minimum absolute atomic E-state index is 0.204. The lowest BCUT2D eigenvalue weighted by Gasteiger charge is -2.19. The number of carbonyl (C=O) groups excluding carboxylic acids is 2. The number of fused-ring (bicyclic) bond motifs is 1. The van der Waals surface area contributed by atoms with Crippen LogP contribution in [-0.4, -0.2) is 62.5 Å². The van der Waals surface area contributed by atoms with Crippen molar-refractivity contribution in [3.63, 3.8) is 0 Å². The fraction of sp³-hybridized carbons (Fsp3) is 0.346. The van der Waals surface area contributed by atoms with Crippen LogP contribution in [0.2, 0.25) is 0 Å². The van der Waals surface area contributed by atoms with Gasteiger partial charge in [0.05, 0.1) is 33.6 Å². The molecule has 186 valence electrons. The quantitative estimate of drug-likeness (QED) is 0.397. The van der Waals surface area contributed by atoms with Gasteiger partial charge in [-0.05, 0) is 49.1 Å². The predicted octanol–water partition coefficient (Wildman–Crippen LogP) is 3.88. The van der Waals surface area contributed by atoms with Gasteiger partial charge in [-0.25, -0.2) is 4.52 Å². The number of aromatic nitrogens is 4. The largest absolute Gasteiger partial charge is 0.351 e. The zero-order chi connectivity index (χ0) is 25.3. The third-order valence-electron chi connectivity index (χ3n) is 6.47. The highest BCUT2D eigenvalue weighted by molar-refractivity contribution is 7.21. The molecule has 2 N–H and O–H groups in total. The molecule has 1 aliphatic rings. The second-order valence-electron chi connectivity index (χ2n) is 9.90. The third kappa shape index (κ3) is 5.14. The van der Waals surface area contributed by atoms with Gasteiger partial charge in [-0.2, -0.15) is 5.10 Å². The highest BCUT2D eigenvalue weighted by Gasteiger charge is 2.28. The molecule has 4 aromatic heterocycles. The summed E-state index contributed by atoms with van der Waals surface area (Å²) in [5.41, 5.74) is 3.35. The molecule has 0 unspecified atom stereocenters. The first-order chi connectivity index (χ1) is 17.3. The van der Waals surface area contributed by atoms with Crippen molar-refractivity contribution in [3.05, 3.63) is 66.0 Å². The maximum absolute atomic E-state index is 13.1. The molecule has 5 heterocycles. The summed E-state index contributed by atoms with van der Waals surface area (Å²) < 4.78 is 1.70. The van der Waals surface area contributed by atoms with Crippen molar-refractivity contribution >= 4 is 33.7 Å². The van der Waals surface area contributed by atoms with Gasteiger partial charge in [0.2, 0.25) is 0 Å². The molecule has 0 atom stereocenters. The van der Waals surface area contributed by atoms with Gasteiger partial charge < -0.3 is 15.5 Å². The number of aryl methyl sites for hydroxylation is 1. The third-order valence-corrected chi connectivity index (χ3v) is 7.63. The van der Waals surface area contributed by atoms with E-state index in [2.05, 4.69) is 44.4 Å². The molecule has 4 aromatic rings. The summed E-state index contributed by atoms with van der Waals surface area (Å²) in [7, 11) is 0. The number of carbonyl (C=O) groups is 2. The van der Waals surface area contributed by atoms with Crippen LogP contribution in [-0.2, 0) is 0 Å². The van der Waals surface area contributed by atoms with Crippen molar-refractivity contribution in [2.24, 2.45) is 5.41 Å². The van der Waals surface area contributed by atoms with Crippen LogP contribution in [0.25, 0.3) is 15.3 Å². The number of pyridine rings is 2. The van der Waals surface area contributed by atoms with E-state index >= 15 is 0 Å².